The molecular formula is C9H13NO3. The Hall–Kier alpha value is -1.10. The van der Waals surface area contributed by atoms with E-state index in [4.69, 9.17) is 15.9 Å². The molecule has 2 atom stereocenters. The largest absolute Gasteiger partial charge is 0.508 e. The smallest absolute Gasteiger partial charge is 0.115 e. The number of hydrogen-bond donors (Lipinski definition) is 4. The number of aliphatic hydroxyl groups is 2. The van der Waals surface area contributed by atoms with Crippen molar-refractivity contribution < 1.29 is 15.3 Å². The maximum Gasteiger partial charge on any atom is 0.115 e. The molecule has 0 bridgehead atoms. The molecule has 0 saturated carbocycles. The summed E-state index contributed by atoms with van der Waals surface area (Å²) in [5.41, 5.74) is 6.01. The molecule has 5 N–H and O–H groups in total. The van der Waals surface area contributed by atoms with Gasteiger partial charge in [-0.05, 0) is 17.7 Å². The molecular weight excluding hydrogens is 170 g/mol. The zero-order valence-electron chi connectivity index (χ0n) is 7.09. The van der Waals surface area contributed by atoms with E-state index in [1.807, 2.05) is 0 Å². The minimum Gasteiger partial charge on any atom is -0.508 e. The van der Waals surface area contributed by atoms with E-state index in [1.165, 1.54) is 12.1 Å². The van der Waals surface area contributed by atoms with Crippen molar-refractivity contribution in [2.75, 3.05) is 6.61 Å². The van der Waals surface area contributed by atoms with Crippen LogP contribution in [-0.4, -0.2) is 28.0 Å². The van der Waals surface area contributed by atoms with E-state index >= 15 is 0 Å². The summed E-state index contributed by atoms with van der Waals surface area (Å²) in [6.45, 7) is -0.276. The van der Waals surface area contributed by atoms with Gasteiger partial charge in [-0.25, -0.2) is 0 Å². The van der Waals surface area contributed by atoms with Gasteiger partial charge >= 0.3 is 0 Å². The van der Waals surface area contributed by atoms with Gasteiger partial charge in [-0.3, -0.25) is 0 Å². The molecule has 1 aromatic rings. The highest BCUT2D eigenvalue weighted by Crippen LogP contribution is 2.18. The molecule has 1 rings (SSSR count). The summed E-state index contributed by atoms with van der Waals surface area (Å²) in [5, 5.41) is 27.2. The standard InChI is InChI=1S/C9H13NO3/c10-8(5-11)9(13)6-1-3-7(12)4-2-6/h1-4,8-9,11-13H,5,10H2. The van der Waals surface area contributed by atoms with E-state index in [0.717, 1.165) is 0 Å². The fraction of sp³-hybridized carbons (Fsp3) is 0.333. The average Bonchev–Trinajstić information content (AvgIpc) is 2.17. The van der Waals surface area contributed by atoms with Crippen LogP contribution in [0.4, 0.5) is 0 Å². The van der Waals surface area contributed by atoms with Crippen molar-refractivity contribution in [3.8, 4) is 5.75 Å². The monoisotopic (exact) mass is 183 g/mol. The van der Waals surface area contributed by atoms with Crippen LogP contribution < -0.4 is 5.73 Å². The highest BCUT2D eigenvalue weighted by molar-refractivity contribution is 5.27. The number of benzene rings is 1. The van der Waals surface area contributed by atoms with E-state index in [0.29, 0.717) is 5.56 Å². The quantitative estimate of drug-likeness (QED) is 0.520. The number of aromatic hydroxyl groups is 1. The lowest BCUT2D eigenvalue weighted by molar-refractivity contribution is 0.109. The fourth-order valence-corrected chi connectivity index (χ4v) is 1.02. The number of phenolic OH excluding ortho intramolecular Hbond substituents is 1. The van der Waals surface area contributed by atoms with Crippen LogP contribution in [0.3, 0.4) is 0 Å². The SMILES string of the molecule is NC(CO)C(O)c1ccc(O)cc1. The summed E-state index contributed by atoms with van der Waals surface area (Å²) < 4.78 is 0. The van der Waals surface area contributed by atoms with E-state index in [1.54, 1.807) is 12.1 Å². The molecule has 0 aromatic heterocycles. The third-order valence-electron chi connectivity index (χ3n) is 1.85. The van der Waals surface area contributed by atoms with Crippen LogP contribution >= 0.6 is 0 Å². The molecule has 0 aliphatic carbocycles. The Morgan fingerprint density at radius 1 is 1.23 bits per heavy atom. The van der Waals surface area contributed by atoms with Crippen LogP contribution in [0.1, 0.15) is 11.7 Å². The van der Waals surface area contributed by atoms with Gasteiger partial charge in [0.25, 0.3) is 0 Å². The summed E-state index contributed by atoms with van der Waals surface area (Å²) in [4.78, 5) is 0. The van der Waals surface area contributed by atoms with Crippen molar-refractivity contribution in [1.29, 1.82) is 0 Å². The van der Waals surface area contributed by atoms with Gasteiger partial charge < -0.3 is 21.1 Å². The Labute approximate surface area is 76.2 Å². The van der Waals surface area contributed by atoms with Crippen molar-refractivity contribution in [2.24, 2.45) is 5.73 Å². The van der Waals surface area contributed by atoms with E-state index in [9.17, 15) is 5.11 Å². The molecule has 0 fully saturated rings. The first-order chi connectivity index (χ1) is 6.15. The Balaban J connectivity index is 2.77. The minimum atomic E-state index is -0.898. The van der Waals surface area contributed by atoms with Gasteiger partial charge in [0.2, 0.25) is 0 Å². The maximum absolute atomic E-state index is 9.51. The van der Waals surface area contributed by atoms with Crippen molar-refractivity contribution in [3.05, 3.63) is 29.8 Å². The molecule has 0 aliphatic rings. The Morgan fingerprint density at radius 3 is 2.23 bits per heavy atom. The summed E-state index contributed by atoms with van der Waals surface area (Å²) in [5.74, 6) is 0.133. The Kier molecular flexibility index (Phi) is 3.25. The third-order valence-corrected chi connectivity index (χ3v) is 1.85. The van der Waals surface area contributed by atoms with Crippen LogP contribution in [0.5, 0.6) is 5.75 Å². The number of rotatable bonds is 3. The third kappa shape index (κ3) is 2.42. The zero-order chi connectivity index (χ0) is 9.84. The molecule has 0 spiro atoms. The number of nitrogens with two attached hydrogens (primary N) is 1. The van der Waals surface area contributed by atoms with Crippen LogP contribution in [-0.2, 0) is 0 Å². The van der Waals surface area contributed by atoms with Crippen molar-refractivity contribution >= 4 is 0 Å². The van der Waals surface area contributed by atoms with Crippen molar-refractivity contribution in [2.45, 2.75) is 12.1 Å². The summed E-state index contributed by atoms with van der Waals surface area (Å²) in [6, 6.07) is 5.36. The molecule has 0 heterocycles. The summed E-state index contributed by atoms with van der Waals surface area (Å²) >= 11 is 0. The number of phenols is 1. The first-order valence-electron chi connectivity index (χ1n) is 3.98. The van der Waals surface area contributed by atoms with Gasteiger partial charge in [0.1, 0.15) is 5.75 Å². The normalized spacial score (nSPS) is 15.3. The molecule has 0 saturated heterocycles. The topological polar surface area (TPSA) is 86.7 Å². The minimum absolute atomic E-state index is 0.133. The fourth-order valence-electron chi connectivity index (χ4n) is 1.02. The highest BCUT2D eigenvalue weighted by atomic mass is 16.3. The molecule has 4 heteroatoms. The molecule has 0 amide bonds. The van der Waals surface area contributed by atoms with Gasteiger partial charge in [0.15, 0.2) is 0 Å². The predicted octanol–water partition coefficient (Wildman–Crippen LogP) is -0.255. The molecule has 72 valence electrons. The lowest BCUT2D eigenvalue weighted by atomic mass is 10.0. The van der Waals surface area contributed by atoms with Gasteiger partial charge in [-0.2, -0.15) is 0 Å². The second kappa shape index (κ2) is 4.23. The van der Waals surface area contributed by atoms with Gasteiger partial charge in [0, 0.05) is 0 Å². The number of aliphatic hydroxyl groups excluding tert-OH is 2. The van der Waals surface area contributed by atoms with Gasteiger partial charge in [-0.15, -0.1) is 0 Å². The molecule has 13 heavy (non-hydrogen) atoms. The molecule has 0 aliphatic heterocycles. The Morgan fingerprint density at radius 2 is 1.77 bits per heavy atom. The molecule has 4 nitrogen and oxygen atoms in total. The maximum atomic E-state index is 9.51. The summed E-state index contributed by atoms with van der Waals surface area (Å²) in [6.07, 6.45) is -0.898. The zero-order valence-corrected chi connectivity index (χ0v) is 7.09. The number of hydrogen-bond acceptors (Lipinski definition) is 4. The van der Waals surface area contributed by atoms with E-state index in [2.05, 4.69) is 0 Å². The lowest BCUT2D eigenvalue weighted by Crippen LogP contribution is -2.31. The second-order valence-electron chi connectivity index (χ2n) is 2.88. The van der Waals surface area contributed by atoms with Crippen LogP contribution in [0.2, 0.25) is 0 Å². The highest BCUT2D eigenvalue weighted by Gasteiger charge is 2.15. The van der Waals surface area contributed by atoms with E-state index < -0.39 is 12.1 Å². The second-order valence-corrected chi connectivity index (χ2v) is 2.88. The first kappa shape index (κ1) is 9.98. The lowest BCUT2D eigenvalue weighted by Gasteiger charge is -2.16. The first-order valence-corrected chi connectivity index (χ1v) is 3.98. The van der Waals surface area contributed by atoms with Crippen LogP contribution in [0, 0.1) is 0 Å². The molecule has 2 unspecified atom stereocenters. The van der Waals surface area contributed by atoms with Gasteiger partial charge in [-0.1, -0.05) is 12.1 Å². The van der Waals surface area contributed by atoms with Crippen LogP contribution in [0.15, 0.2) is 24.3 Å². The van der Waals surface area contributed by atoms with Crippen molar-refractivity contribution in [1.82, 2.24) is 0 Å². The van der Waals surface area contributed by atoms with Crippen LogP contribution in [0.25, 0.3) is 0 Å². The van der Waals surface area contributed by atoms with Gasteiger partial charge in [0.05, 0.1) is 18.8 Å². The van der Waals surface area contributed by atoms with Crippen molar-refractivity contribution in [3.63, 3.8) is 0 Å². The summed E-state index contributed by atoms with van der Waals surface area (Å²) in [7, 11) is 0. The molecule has 1 aromatic carbocycles. The van der Waals surface area contributed by atoms with E-state index in [-0.39, 0.29) is 12.4 Å². The molecule has 0 radical (unpaired) electrons. The Bertz CT molecular complexity index is 260. The average molecular weight is 183 g/mol. The predicted molar refractivity (Wildman–Crippen MR) is 48.1 cm³/mol.